The summed E-state index contributed by atoms with van der Waals surface area (Å²) in [5, 5.41) is 9.61. The van der Waals surface area contributed by atoms with Gasteiger partial charge in [-0.3, -0.25) is 9.69 Å². The number of hydrogen-bond donors (Lipinski definition) is 1. The minimum Gasteiger partial charge on any atom is -0.508 e. The highest BCUT2D eigenvalue weighted by atomic mass is 16.3. The zero-order valence-corrected chi connectivity index (χ0v) is 15.3. The number of nitrogens with zero attached hydrogens (tertiary/aromatic N) is 2. The van der Waals surface area contributed by atoms with Crippen LogP contribution in [0.2, 0.25) is 0 Å². The van der Waals surface area contributed by atoms with Gasteiger partial charge in [-0.15, -0.1) is 0 Å². The molecular formula is C22H26N2O2. The molecule has 1 amide bonds. The smallest absolute Gasteiger partial charge is 0.254 e. The minimum absolute atomic E-state index is 0.0992. The van der Waals surface area contributed by atoms with Crippen molar-refractivity contribution in [3.63, 3.8) is 0 Å². The number of phenolic OH excluding ortho intramolecular Hbond substituents is 1. The van der Waals surface area contributed by atoms with Gasteiger partial charge in [0.2, 0.25) is 0 Å². The van der Waals surface area contributed by atoms with Crippen molar-refractivity contribution in [3.05, 3.63) is 64.7 Å². The van der Waals surface area contributed by atoms with Crippen LogP contribution in [0.5, 0.6) is 5.75 Å². The van der Waals surface area contributed by atoms with E-state index in [0.29, 0.717) is 5.92 Å². The molecule has 2 aliphatic rings. The molecule has 0 saturated carbocycles. The fourth-order valence-electron chi connectivity index (χ4n) is 4.28. The molecule has 2 aromatic rings. The molecule has 136 valence electrons. The Morgan fingerprint density at radius 2 is 1.77 bits per heavy atom. The van der Waals surface area contributed by atoms with Crippen LogP contribution in [0.4, 0.5) is 0 Å². The Bertz CT molecular complexity index is 818. The number of carbonyl (C=O) groups excluding carboxylic acids is 1. The van der Waals surface area contributed by atoms with Gasteiger partial charge in [0.15, 0.2) is 0 Å². The van der Waals surface area contributed by atoms with Crippen molar-refractivity contribution in [1.29, 1.82) is 0 Å². The van der Waals surface area contributed by atoms with Gasteiger partial charge in [-0.05, 0) is 53.6 Å². The van der Waals surface area contributed by atoms with Crippen LogP contribution in [0.15, 0.2) is 42.5 Å². The molecule has 0 unspecified atom stereocenters. The van der Waals surface area contributed by atoms with Gasteiger partial charge in [0.05, 0.1) is 0 Å². The van der Waals surface area contributed by atoms with E-state index in [1.165, 1.54) is 11.1 Å². The average Bonchev–Trinajstić information content (AvgIpc) is 2.64. The van der Waals surface area contributed by atoms with E-state index < -0.39 is 0 Å². The van der Waals surface area contributed by atoms with Crippen molar-refractivity contribution in [1.82, 2.24) is 9.80 Å². The molecular weight excluding hydrogens is 324 g/mol. The van der Waals surface area contributed by atoms with Gasteiger partial charge in [-0.2, -0.15) is 0 Å². The summed E-state index contributed by atoms with van der Waals surface area (Å²) in [6, 6.07) is 13.8. The third-order valence-corrected chi connectivity index (χ3v) is 5.57. The average molecular weight is 350 g/mol. The van der Waals surface area contributed by atoms with E-state index in [2.05, 4.69) is 36.1 Å². The number of phenols is 1. The number of carbonyl (C=O) groups is 1. The minimum atomic E-state index is 0.0992. The van der Waals surface area contributed by atoms with E-state index in [9.17, 15) is 9.90 Å². The van der Waals surface area contributed by atoms with Crippen LogP contribution in [0.1, 0.15) is 34.0 Å². The van der Waals surface area contributed by atoms with E-state index in [4.69, 9.17) is 0 Å². The predicted octanol–water partition coefficient (Wildman–Crippen LogP) is 3.08. The lowest BCUT2D eigenvalue weighted by Crippen LogP contribution is -2.43. The van der Waals surface area contributed by atoms with Crippen molar-refractivity contribution >= 4 is 5.91 Å². The first-order valence-corrected chi connectivity index (χ1v) is 9.50. The second-order valence-electron chi connectivity index (χ2n) is 7.70. The standard InChI is InChI=1S/C22H26N2O2/c1-16(13-23-10-8-17-4-2-3-5-19(17)15-23)14-24-11-9-18-12-20(25)6-7-21(18)22(24)26/h2-7,12,16,25H,8-11,13-15H2,1H3/t16-/m1/s1. The number of hydrogen-bond acceptors (Lipinski definition) is 3. The SMILES string of the molecule is C[C@H](CN1CCc2ccccc2C1)CN1CCc2cc(O)ccc2C1=O. The molecule has 2 aliphatic heterocycles. The normalized spacial score (nSPS) is 18.3. The Kier molecular flexibility index (Phi) is 4.68. The maximum atomic E-state index is 12.8. The van der Waals surface area contributed by atoms with Crippen LogP contribution in [0, 0.1) is 5.92 Å². The highest BCUT2D eigenvalue weighted by Crippen LogP contribution is 2.24. The second kappa shape index (κ2) is 7.12. The van der Waals surface area contributed by atoms with Crippen molar-refractivity contribution < 1.29 is 9.90 Å². The van der Waals surface area contributed by atoms with Crippen LogP contribution >= 0.6 is 0 Å². The number of fused-ring (bicyclic) bond motifs is 2. The van der Waals surface area contributed by atoms with Crippen LogP contribution in [0.25, 0.3) is 0 Å². The summed E-state index contributed by atoms with van der Waals surface area (Å²) in [5.41, 5.74) is 4.62. The van der Waals surface area contributed by atoms with Gasteiger partial charge < -0.3 is 10.0 Å². The molecule has 0 aliphatic carbocycles. The maximum absolute atomic E-state index is 12.8. The van der Waals surface area contributed by atoms with Gasteiger partial charge in [0.1, 0.15) is 5.75 Å². The molecule has 26 heavy (non-hydrogen) atoms. The fraction of sp³-hybridized carbons (Fsp3) is 0.409. The van der Waals surface area contributed by atoms with Gasteiger partial charge >= 0.3 is 0 Å². The molecule has 0 aromatic heterocycles. The Balaban J connectivity index is 1.36. The number of amides is 1. The van der Waals surface area contributed by atoms with Crippen LogP contribution in [-0.4, -0.2) is 47.0 Å². The number of aromatic hydroxyl groups is 1. The van der Waals surface area contributed by atoms with Crippen molar-refractivity contribution in [2.75, 3.05) is 26.2 Å². The van der Waals surface area contributed by atoms with Gasteiger partial charge in [-0.25, -0.2) is 0 Å². The van der Waals surface area contributed by atoms with E-state index in [0.717, 1.165) is 56.7 Å². The topological polar surface area (TPSA) is 43.8 Å². The lowest BCUT2D eigenvalue weighted by atomic mass is 9.97. The van der Waals surface area contributed by atoms with Crippen molar-refractivity contribution in [2.45, 2.75) is 26.3 Å². The zero-order valence-electron chi connectivity index (χ0n) is 15.3. The molecule has 2 aromatic carbocycles. The molecule has 1 N–H and O–H groups in total. The number of rotatable bonds is 4. The van der Waals surface area contributed by atoms with Crippen LogP contribution < -0.4 is 0 Å². The van der Waals surface area contributed by atoms with E-state index in [1.54, 1.807) is 18.2 Å². The van der Waals surface area contributed by atoms with Gasteiger partial charge in [0, 0.05) is 38.3 Å². The van der Waals surface area contributed by atoms with Gasteiger partial charge in [0.25, 0.3) is 5.91 Å². The molecule has 4 nitrogen and oxygen atoms in total. The van der Waals surface area contributed by atoms with E-state index in [1.807, 2.05) is 4.90 Å². The third-order valence-electron chi connectivity index (χ3n) is 5.57. The Hall–Kier alpha value is -2.33. The molecule has 0 fully saturated rings. The molecule has 4 rings (SSSR count). The monoisotopic (exact) mass is 350 g/mol. The molecule has 0 bridgehead atoms. The lowest BCUT2D eigenvalue weighted by molar-refractivity contribution is 0.0697. The van der Waals surface area contributed by atoms with E-state index in [-0.39, 0.29) is 11.7 Å². The predicted molar refractivity (Wildman–Crippen MR) is 102 cm³/mol. The highest BCUT2D eigenvalue weighted by molar-refractivity contribution is 5.96. The summed E-state index contributed by atoms with van der Waals surface area (Å²) < 4.78 is 0. The largest absolute Gasteiger partial charge is 0.508 e. The summed E-state index contributed by atoms with van der Waals surface area (Å²) in [6.07, 6.45) is 1.93. The molecule has 0 saturated heterocycles. The molecule has 0 spiro atoms. The van der Waals surface area contributed by atoms with Crippen LogP contribution in [0.3, 0.4) is 0 Å². The summed E-state index contributed by atoms with van der Waals surface area (Å²) >= 11 is 0. The quantitative estimate of drug-likeness (QED) is 0.922. The maximum Gasteiger partial charge on any atom is 0.254 e. The Morgan fingerprint density at radius 1 is 1.00 bits per heavy atom. The lowest BCUT2D eigenvalue weighted by Gasteiger charge is -2.34. The highest BCUT2D eigenvalue weighted by Gasteiger charge is 2.26. The number of benzene rings is 2. The Labute approximate surface area is 155 Å². The summed E-state index contributed by atoms with van der Waals surface area (Å²) in [7, 11) is 0. The molecule has 2 heterocycles. The summed E-state index contributed by atoms with van der Waals surface area (Å²) in [4.78, 5) is 17.2. The van der Waals surface area contributed by atoms with Crippen LogP contribution in [-0.2, 0) is 19.4 Å². The fourth-order valence-corrected chi connectivity index (χ4v) is 4.28. The van der Waals surface area contributed by atoms with Crippen molar-refractivity contribution in [3.8, 4) is 5.75 Å². The first kappa shape index (κ1) is 17.1. The van der Waals surface area contributed by atoms with Gasteiger partial charge in [-0.1, -0.05) is 31.2 Å². The molecule has 0 radical (unpaired) electrons. The molecule has 1 atom stereocenters. The van der Waals surface area contributed by atoms with E-state index >= 15 is 0 Å². The van der Waals surface area contributed by atoms with Crippen molar-refractivity contribution in [2.24, 2.45) is 5.92 Å². The summed E-state index contributed by atoms with van der Waals surface area (Å²) in [6.45, 7) is 6.88. The molecule has 4 heteroatoms. The Morgan fingerprint density at radius 3 is 2.62 bits per heavy atom. The third kappa shape index (κ3) is 3.47. The second-order valence-corrected chi connectivity index (χ2v) is 7.70. The summed E-state index contributed by atoms with van der Waals surface area (Å²) in [5.74, 6) is 0.772. The first-order chi connectivity index (χ1) is 12.6. The zero-order chi connectivity index (χ0) is 18.1. The first-order valence-electron chi connectivity index (χ1n) is 9.50.